The number of carbonyl (C=O) groups is 2. The molecule has 2 unspecified atom stereocenters. The van der Waals surface area contributed by atoms with Gasteiger partial charge in [-0.05, 0) is 32.4 Å². The molecule has 0 aliphatic heterocycles. The van der Waals surface area contributed by atoms with Crippen LogP contribution in [0.25, 0.3) is 0 Å². The van der Waals surface area contributed by atoms with Gasteiger partial charge in [-0.3, -0.25) is 9.59 Å². The minimum absolute atomic E-state index is 0.316. The second-order valence-electron chi connectivity index (χ2n) is 6.72. The first-order valence-electron chi connectivity index (χ1n) is 7.53. The van der Waals surface area contributed by atoms with Crippen LogP contribution >= 0.6 is 0 Å². The number of ether oxygens (including phenoxy) is 2. The number of carbonyl (C=O) groups excluding carboxylic acids is 2. The lowest BCUT2D eigenvalue weighted by Gasteiger charge is -2.30. The van der Waals surface area contributed by atoms with Gasteiger partial charge in [-0.2, -0.15) is 0 Å². The third kappa shape index (κ3) is 5.09. The number of anilines is 1. The SMILES string of the molecule is COC(=O)C(C(=O)OC(C)(C)C)C(c1ccccc1N)[Si](C)C. The zero-order valence-corrected chi connectivity index (χ0v) is 15.7. The molecule has 1 aromatic rings. The second kappa shape index (κ2) is 7.63. The summed E-state index contributed by atoms with van der Waals surface area (Å²) in [6.07, 6.45) is 0. The molecule has 2 N–H and O–H groups in total. The minimum Gasteiger partial charge on any atom is -0.468 e. The maximum absolute atomic E-state index is 12.6. The van der Waals surface area contributed by atoms with Crippen molar-refractivity contribution in [3.63, 3.8) is 0 Å². The lowest BCUT2D eigenvalue weighted by molar-refractivity contribution is -0.168. The number of esters is 2. The van der Waals surface area contributed by atoms with Crippen molar-refractivity contribution in [2.45, 2.75) is 45.0 Å². The molecule has 23 heavy (non-hydrogen) atoms. The number of hydrogen-bond donors (Lipinski definition) is 1. The van der Waals surface area contributed by atoms with Crippen molar-refractivity contribution >= 4 is 26.4 Å². The molecule has 0 heterocycles. The Morgan fingerprint density at radius 2 is 1.70 bits per heavy atom. The first kappa shape index (κ1) is 19.2. The molecule has 1 rings (SSSR count). The molecule has 0 aromatic heterocycles. The van der Waals surface area contributed by atoms with Crippen LogP contribution in [0.2, 0.25) is 13.1 Å². The summed E-state index contributed by atoms with van der Waals surface area (Å²) >= 11 is 0. The Kier molecular flexibility index (Phi) is 6.38. The van der Waals surface area contributed by atoms with Gasteiger partial charge in [0.05, 0.1) is 15.9 Å². The molecule has 0 aliphatic carbocycles. The Morgan fingerprint density at radius 1 is 1.13 bits per heavy atom. The molecule has 2 atom stereocenters. The Bertz CT molecular complexity index is 566. The summed E-state index contributed by atoms with van der Waals surface area (Å²) in [5, 5.41) is 0. The van der Waals surface area contributed by atoms with E-state index in [0.29, 0.717) is 5.69 Å². The van der Waals surface area contributed by atoms with Crippen LogP contribution in [0.5, 0.6) is 0 Å². The standard InChI is InChI=1S/C17H26NO4Si/c1-17(2,3)22-16(20)13(15(19)21-4)14(23(5)6)11-9-7-8-10-12(11)18/h7-10,13-14H,18H2,1-6H3. The van der Waals surface area contributed by atoms with Crippen LogP contribution in [0.1, 0.15) is 31.9 Å². The van der Waals surface area contributed by atoms with Crippen LogP contribution in [-0.4, -0.2) is 33.4 Å². The number of methoxy groups -OCH3 is 1. The van der Waals surface area contributed by atoms with Crippen molar-refractivity contribution in [1.29, 1.82) is 0 Å². The van der Waals surface area contributed by atoms with Gasteiger partial charge in [0.25, 0.3) is 0 Å². The summed E-state index contributed by atoms with van der Waals surface area (Å²) in [6, 6.07) is 7.32. The van der Waals surface area contributed by atoms with Crippen LogP contribution in [0.3, 0.4) is 0 Å². The Morgan fingerprint density at radius 3 is 2.13 bits per heavy atom. The van der Waals surface area contributed by atoms with Gasteiger partial charge < -0.3 is 15.2 Å². The maximum atomic E-state index is 12.6. The van der Waals surface area contributed by atoms with Crippen LogP contribution in [-0.2, 0) is 19.1 Å². The number of nitrogen functional groups attached to an aromatic ring is 1. The van der Waals surface area contributed by atoms with E-state index in [1.54, 1.807) is 26.8 Å². The highest BCUT2D eigenvalue weighted by Gasteiger charge is 2.42. The highest BCUT2D eigenvalue weighted by atomic mass is 28.3. The fraction of sp³-hybridized carbons (Fsp3) is 0.529. The van der Waals surface area contributed by atoms with E-state index in [1.165, 1.54) is 7.11 Å². The van der Waals surface area contributed by atoms with Crippen molar-refractivity contribution in [1.82, 2.24) is 0 Å². The summed E-state index contributed by atoms with van der Waals surface area (Å²) in [7, 11) is 0.199. The molecule has 1 radical (unpaired) electrons. The largest absolute Gasteiger partial charge is 0.468 e. The van der Waals surface area contributed by atoms with Crippen LogP contribution in [0, 0.1) is 5.92 Å². The van der Waals surface area contributed by atoms with E-state index in [-0.39, 0.29) is 5.54 Å². The topological polar surface area (TPSA) is 78.6 Å². The summed E-state index contributed by atoms with van der Waals surface area (Å²) in [5.74, 6) is -2.16. The van der Waals surface area contributed by atoms with E-state index in [1.807, 2.05) is 31.3 Å². The quantitative estimate of drug-likeness (QED) is 0.387. The molecule has 0 saturated heterocycles. The van der Waals surface area contributed by atoms with Gasteiger partial charge in [-0.25, -0.2) is 0 Å². The average molecular weight is 336 g/mol. The number of nitrogens with two attached hydrogens (primary N) is 1. The lowest BCUT2D eigenvalue weighted by atomic mass is 9.96. The number of rotatable bonds is 5. The molecule has 0 aliphatic rings. The van der Waals surface area contributed by atoms with E-state index in [0.717, 1.165) is 5.56 Å². The molecular formula is C17H26NO4Si. The van der Waals surface area contributed by atoms with Gasteiger partial charge in [0, 0.05) is 11.2 Å². The van der Waals surface area contributed by atoms with Crippen molar-refractivity contribution in [2.24, 2.45) is 5.92 Å². The van der Waals surface area contributed by atoms with Crippen LogP contribution in [0.15, 0.2) is 24.3 Å². The molecular weight excluding hydrogens is 310 g/mol. The summed E-state index contributed by atoms with van der Waals surface area (Å²) in [4.78, 5) is 25.0. The van der Waals surface area contributed by atoms with Gasteiger partial charge >= 0.3 is 11.9 Å². The van der Waals surface area contributed by atoms with Crippen molar-refractivity contribution < 1.29 is 19.1 Å². The highest BCUT2D eigenvalue weighted by molar-refractivity contribution is 6.58. The van der Waals surface area contributed by atoms with Gasteiger partial charge in [0.15, 0.2) is 5.92 Å². The van der Waals surface area contributed by atoms with Gasteiger partial charge in [0.1, 0.15) is 5.60 Å². The number of hydrogen-bond acceptors (Lipinski definition) is 5. The maximum Gasteiger partial charge on any atom is 0.321 e. The molecule has 0 saturated carbocycles. The summed E-state index contributed by atoms with van der Waals surface area (Å²) in [5.41, 5.74) is 6.46. The van der Waals surface area contributed by atoms with Gasteiger partial charge in [0.2, 0.25) is 0 Å². The van der Waals surface area contributed by atoms with E-state index in [9.17, 15) is 9.59 Å². The summed E-state index contributed by atoms with van der Waals surface area (Å²) < 4.78 is 10.3. The third-order valence-electron chi connectivity index (χ3n) is 3.40. The molecule has 0 spiro atoms. The Balaban J connectivity index is 3.33. The normalized spacial score (nSPS) is 14.2. The molecule has 6 heteroatoms. The van der Waals surface area contributed by atoms with Crippen molar-refractivity contribution in [3.05, 3.63) is 29.8 Å². The van der Waals surface area contributed by atoms with E-state index in [2.05, 4.69) is 0 Å². The fourth-order valence-electron chi connectivity index (χ4n) is 2.48. The van der Waals surface area contributed by atoms with Crippen LogP contribution in [0.4, 0.5) is 5.69 Å². The van der Waals surface area contributed by atoms with Crippen molar-refractivity contribution in [3.8, 4) is 0 Å². The Hall–Kier alpha value is -1.82. The fourth-order valence-corrected chi connectivity index (χ4v) is 4.30. The third-order valence-corrected chi connectivity index (χ3v) is 5.29. The predicted octanol–water partition coefficient (Wildman–Crippen LogP) is 2.78. The average Bonchev–Trinajstić information content (AvgIpc) is 2.42. The van der Waals surface area contributed by atoms with E-state index in [4.69, 9.17) is 15.2 Å². The molecule has 0 fully saturated rings. The van der Waals surface area contributed by atoms with Crippen LogP contribution < -0.4 is 5.73 Å². The highest BCUT2D eigenvalue weighted by Crippen LogP contribution is 2.34. The van der Waals surface area contributed by atoms with E-state index >= 15 is 0 Å². The van der Waals surface area contributed by atoms with Gasteiger partial charge in [-0.15, -0.1) is 0 Å². The monoisotopic (exact) mass is 336 g/mol. The minimum atomic E-state index is -1.08. The first-order chi connectivity index (χ1) is 10.6. The zero-order chi connectivity index (χ0) is 17.8. The molecule has 127 valence electrons. The zero-order valence-electron chi connectivity index (χ0n) is 14.7. The predicted molar refractivity (Wildman–Crippen MR) is 92.4 cm³/mol. The second-order valence-corrected chi connectivity index (χ2v) is 9.49. The Labute approximate surface area is 139 Å². The molecule has 0 amide bonds. The number of benzene rings is 1. The lowest BCUT2D eigenvalue weighted by Crippen LogP contribution is -2.41. The van der Waals surface area contributed by atoms with E-state index < -0.39 is 32.3 Å². The summed E-state index contributed by atoms with van der Waals surface area (Å²) in [6.45, 7) is 9.41. The first-order valence-corrected chi connectivity index (χ1v) is 10.1. The smallest absolute Gasteiger partial charge is 0.321 e. The number of para-hydroxylation sites is 1. The molecule has 1 aromatic carbocycles. The van der Waals surface area contributed by atoms with Crippen molar-refractivity contribution in [2.75, 3.05) is 12.8 Å². The molecule has 5 nitrogen and oxygen atoms in total. The van der Waals surface area contributed by atoms with Gasteiger partial charge in [-0.1, -0.05) is 31.3 Å². The molecule has 0 bridgehead atoms.